The van der Waals surface area contributed by atoms with Crippen molar-refractivity contribution < 1.29 is 13.9 Å². The molecule has 2 atom stereocenters. The Hall–Kier alpha value is -1.62. The van der Waals surface area contributed by atoms with Gasteiger partial charge in [-0.1, -0.05) is 17.8 Å². The zero-order valence-corrected chi connectivity index (χ0v) is 15.9. The van der Waals surface area contributed by atoms with E-state index in [1.807, 2.05) is 0 Å². The van der Waals surface area contributed by atoms with E-state index in [0.717, 1.165) is 23.7 Å². The van der Waals surface area contributed by atoms with Crippen LogP contribution in [0.25, 0.3) is 0 Å². The molecule has 0 saturated carbocycles. The Bertz CT molecular complexity index is 879. The number of nitrogens with zero attached hydrogens (tertiary/aromatic N) is 5. The van der Waals surface area contributed by atoms with Gasteiger partial charge in [-0.3, -0.25) is 0 Å². The van der Waals surface area contributed by atoms with E-state index in [2.05, 4.69) is 19.4 Å². The number of thioether (sulfide) groups is 1. The standard InChI is InChI=1S/C15H14ClF2N5OS2/c1-9(25-14-21-13(5-16)22-26-14)15(24,6-23-8-19-7-20-23)11-3-2-10(17)4-12(11)18/h2-4,7-9,24H,5-6H2,1H3/t9-,15-/m1/s1. The number of hydrogen-bond acceptors (Lipinski definition) is 7. The van der Waals surface area contributed by atoms with Gasteiger partial charge in [-0.15, -0.1) is 11.6 Å². The van der Waals surface area contributed by atoms with Crippen LogP contribution in [-0.4, -0.2) is 34.5 Å². The molecule has 0 fully saturated rings. The van der Waals surface area contributed by atoms with Crippen molar-refractivity contribution in [3.63, 3.8) is 0 Å². The highest BCUT2D eigenvalue weighted by atomic mass is 35.5. The molecule has 6 nitrogen and oxygen atoms in total. The maximum Gasteiger partial charge on any atom is 0.170 e. The molecule has 11 heteroatoms. The Labute approximate surface area is 161 Å². The van der Waals surface area contributed by atoms with Gasteiger partial charge in [0.1, 0.15) is 29.9 Å². The molecule has 0 amide bonds. The lowest BCUT2D eigenvalue weighted by Crippen LogP contribution is -2.41. The van der Waals surface area contributed by atoms with Gasteiger partial charge in [0.05, 0.1) is 12.4 Å². The molecule has 2 heterocycles. The van der Waals surface area contributed by atoms with Crippen LogP contribution in [0, 0.1) is 11.6 Å². The molecule has 0 saturated heterocycles. The summed E-state index contributed by atoms with van der Waals surface area (Å²) in [6, 6.07) is 3.09. The molecule has 2 aromatic heterocycles. The summed E-state index contributed by atoms with van der Waals surface area (Å²) in [5, 5.41) is 14.8. The molecule has 26 heavy (non-hydrogen) atoms. The summed E-state index contributed by atoms with van der Waals surface area (Å²) >= 11 is 8.09. The number of aliphatic hydroxyl groups is 1. The zero-order valence-electron chi connectivity index (χ0n) is 13.5. The first-order valence-electron chi connectivity index (χ1n) is 7.48. The number of aromatic nitrogens is 5. The summed E-state index contributed by atoms with van der Waals surface area (Å²) in [6.45, 7) is 1.66. The summed E-state index contributed by atoms with van der Waals surface area (Å²) in [5.41, 5.74) is -1.72. The summed E-state index contributed by atoms with van der Waals surface area (Å²) in [7, 11) is 0. The highest BCUT2D eigenvalue weighted by Crippen LogP contribution is 2.39. The molecule has 0 spiro atoms. The van der Waals surface area contributed by atoms with Gasteiger partial charge in [-0.2, -0.15) is 9.47 Å². The van der Waals surface area contributed by atoms with E-state index >= 15 is 0 Å². The van der Waals surface area contributed by atoms with Gasteiger partial charge in [-0.05, 0) is 24.5 Å². The summed E-state index contributed by atoms with van der Waals surface area (Å²) in [4.78, 5) is 8.09. The first-order valence-corrected chi connectivity index (χ1v) is 9.66. The molecule has 0 unspecified atom stereocenters. The lowest BCUT2D eigenvalue weighted by atomic mass is 9.90. The van der Waals surface area contributed by atoms with Crippen molar-refractivity contribution in [2.75, 3.05) is 0 Å². The van der Waals surface area contributed by atoms with Crippen molar-refractivity contribution in [1.29, 1.82) is 0 Å². The Morgan fingerprint density at radius 3 is 2.85 bits per heavy atom. The Kier molecular flexibility index (Phi) is 5.86. The Morgan fingerprint density at radius 1 is 1.42 bits per heavy atom. The molecule has 1 aromatic carbocycles. The minimum absolute atomic E-state index is 0.0310. The third-order valence-electron chi connectivity index (χ3n) is 3.79. The Morgan fingerprint density at radius 2 is 2.23 bits per heavy atom. The lowest BCUT2D eigenvalue weighted by Gasteiger charge is -2.33. The van der Waals surface area contributed by atoms with Crippen LogP contribution in [0.1, 0.15) is 18.3 Å². The summed E-state index contributed by atoms with van der Waals surface area (Å²) in [5.74, 6) is -0.884. The van der Waals surface area contributed by atoms with E-state index in [-0.39, 0.29) is 18.0 Å². The number of hydrogen-bond donors (Lipinski definition) is 1. The van der Waals surface area contributed by atoms with Crippen LogP contribution in [0.4, 0.5) is 8.78 Å². The van der Waals surface area contributed by atoms with Crippen molar-refractivity contribution in [3.8, 4) is 0 Å². The maximum atomic E-state index is 14.4. The highest BCUT2D eigenvalue weighted by molar-refractivity contribution is 8.01. The van der Waals surface area contributed by atoms with Crippen LogP contribution in [0.2, 0.25) is 0 Å². The molecule has 1 N–H and O–H groups in total. The fourth-order valence-corrected chi connectivity index (χ4v) is 4.62. The van der Waals surface area contributed by atoms with E-state index < -0.39 is 22.5 Å². The van der Waals surface area contributed by atoms with Crippen LogP contribution in [0.3, 0.4) is 0 Å². The van der Waals surface area contributed by atoms with Crippen molar-refractivity contribution >= 4 is 34.9 Å². The van der Waals surface area contributed by atoms with Crippen LogP contribution in [0.15, 0.2) is 35.2 Å². The molecule has 138 valence electrons. The second-order valence-corrected chi connectivity index (χ2v) is 8.12. The molecule has 0 radical (unpaired) electrons. The van der Waals surface area contributed by atoms with Gasteiger partial charge in [0, 0.05) is 16.9 Å². The fraction of sp³-hybridized carbons (Fsp3) is 0.333. The summed E-state index contributed by atoms with van der Waals surface area (Å²) in [6.07, 6.45) is 2.73. The molecule has 0 aliphatic rings. The predicted octanol–water partition coefficient (Wildman–Crippen LogP) is 3.22. The maximum absolute atomic E-state index is 14.4. The average molecular weight is 418 g/mol. The van der Waals surface area contributed by atoms with E-state index in [1.54, 1.807) is 6.92 Å². The molecule has 3 aromatic rings. The SMILES string of the molecule is C[C@@H](Sc1nc(CCl)ns1)[C@](O)(Cn1cncn1)c1ccc(F)cc1F. The van der Waals surface area contributed by atoms with Gasteiger partial charge in [0.15, 0.2) is 10.2 Å². The van der Waals surface area contributed by atoms with Gasteiger partial charge in [0.2, 0.25) is 0 Å². The molecule has 3 rings (SSSR count). The number of alkyl halides is 1. The molecule has 0 aliphatic heterocycles. The minimum Gasteiger partial charge on any atom is -0.382 e. The normalized spacial score (nSPS) is 15.0. The molecule has 0 bridgehead atoms. The van der Waals surface area contributed by atoms with E-state index in [9.17, 15) is 13.9 Å². The summed E-state index contributed by atoms with van der Waals surface area (Å²) < 4.78 is 33.8. The number of halogens is 3. The predicted molar refractivity (Wildman–Crippen MR) is 95.1 cm³/mol. The topological polar surface area (TPSA) is 76.7 Å². The molecular weight excluding hydrogens is 404 g/mol. The second-order valence-electron chi connectivity index (χ2n) is 5.51. The van der Waals surface area contributed by atoms with E-state index in [0.29, 0.717) is 10.2 Å². The average Bonchev–Trinajstić information content (AvgIpc) is 3.26. The largest absolute Gasteiger partial charge is 0.382 e. The molecule has 0 aliphatic carbocycles. The Balaban J connectivity index is 1.95. The fourth-order valence-electron chi connectivity index (χ4n) is 2.42. The van der Waals surface area contributed by atoms with Gasteiger partial charge in [0.25, 0.3) is 0 Å². The van der Waals surface area contributed by atoms with Gasteiger partial charge < -0.3 is 5.11 Å². The zero-order chi connectivity index (χ0) is 18.7. The van der Waals surface area contributed by atoms with Crippen molar-refractivity contribution in [2.24, 2.45) is 0 Å². The van der Waals surface area contributed by atoms with Crippen LogP contribution in [-0.2, 0) is 18.0 Å². The van der Waals surface area contributed by atoms with Crippen molar-refractivity contribution in [1.82, 2.24) is 24.1 Å². The van der Waals surface area contributed by atoms with Crippen LogP contribution < -0.4 is 0 Å². The monoisotopic (exact) mass is 417 g/mol. The van der Waals surface area contributed by atoms with Gasteiger partial charge >= 0.3 is 0 Å². The van der Waals surface area contributed by atoms with E-state index in [1.165, 1.54) is 35.2 Å². The third kappa shape index (κ3) is 4.03. The van der Waals surface area contributed by atoms with Gasteiger partial charge in [-0.25, -0.2) is 23.4 Å². The van der Waals surface area contributed by atoms with Crippen molar-refractivity contribution in [3.05, 3.63) is 53.9 Å². The lowest BCUT2D eigenvalue weighted by molar-refractivity contribution is 0.0133. The highest BCUT2D eigenvalue weighted by Gasteiger charge is 2.40. The third-order valence-corrected chi connectivity index (χ3v) is 6.12. The second kappa shape index (κ2) is 7.95. The van der Waals surface area contributed by atoms with E-state index in [4.69, 9.17) is 11.6 Å². The minimum atomic E-state index is -1.69. The van der Waals surface area contributed by atoms with Crippen LogP contribution in [0.5, 0.6) is 0 Å². The quantitative estimate of drug-likeness (QED) is 0.470. The molecular formula is C15H14ClF2N5OS2. The smallest absolute Gasteiger partial charge is 0.170 e. The number of benzene rings is 1. The van der Waals surface area contributed by atoms with Crippen LogP contribution >= 0.6 is 34.9 Å². The number of rotatable bonds is 7. The first kappa shape index (κ1) is 19.2. The first-order chi connectivity index (χ1) is 12.4. The van der Waals surface area contributed by atoms with Crippen molar-refractivity contribution in [2.45, 2.75) is 34.5 Å².